The van der Waals surface area contributed by atoms with E-state index in [9.17, 15) is 13.9 Å². The second kappa shape index (κ2) is 6.05. The molecule has 0 aliphatic heterocycles. The zero-order valence-electron chi connectivity index (χ0n) is 11.4. The van der Waals surface area contributed by atoms with Gasteiger partial charge in [0.1, 0.15) is 5.75 Å². The number of alkyl halides is 2. The molecule has 0 bridgehead atoms. The van der Waals surface area contributed by atoms with Gasteiger partial charge in [0, 0.05) is 29.7 Å². The van der Waals surface area contributed by atoms with Gasteiger partial charge < -0.3 is 10.1 Å². The highest BCUT2D eigenvalue weighted by atomic mass is 19.3. The monoisotopic (exact) mass is 280 g/mol. The number of nitrogens with zero attached hydrogens (tertiary/aromatic N) is 1. The first-order valence-corrected chi connectivity index (χ1v) is 6.46. The fraction of sp³-hybridized carbons (Fsp3) is 0.333. The molecule has 3 nitrogen and oxygen atoms in total. The third-order valence-electron chi connectivity index (χ3n) is 3.41. The highest BCUT2D eigenvalue weighted by molar-refractivity contribution is 5.90. The molecule has 1 aromatic heterocycles. The predicted molar refractivity (Wildman–Crippen MR) is 76.2 cm³/mol. The molecule has 2 N–H and O–H groups in total. The number of nitrogens with one attached hydrogen (secondary N) is 1. The van der Waals surface area contributed by atoms with Gasteiger partial charge in [-0.05, 0) is 31.0 Å². The van der Waals surface area contributed by atoms with Gasteiger partial charge in [0.2, 0.25) is 0 Å². The van der Waals surface area contributed by atoms with Gasteiger partial charge in [0.15, 0.2) is 0 Å². The summed E-state index contributed by atoms with van der Waals surface area (Å²) >= 11 is 0. The molecule has 2 rings (SSSR count). The van der Waals surface area contributed by atoms with E-state index < -0.39 is 6.55 Å². The van der Waals surface area contributed by atoms with E-state index in [0.717, 1.165) is 27.1 Å². The van der Waals surface area contributed by atoms with Gasteiger partial charge >= 0.3 is 0 Å². The minimum absolute atomic E-state index is 0.144. The summed E-state index contributed by atoms with van der Waals surface area (Å²) in [5.41, 5.74) is 2.60. The maximum Gasteiger partial charge on any atom is 0.295 e. The third-order valence-corrected chi connectivity index (χ3v) is 3.41. The third kappa shape index (κ3) is 2.82. The van der Waals surface area contributed by atoms with Crippen LogP contribution in [0.25, 0.3) is 10.9 Å². The molecule has 1 aromatic carbocycles. The van der Waals surface area contributed by atoms with Crippen LogP contribution in [0.2, 0.25) is 0 Å². The van der Waals surface area contributed by atoms with Crippen LogP contribution in [-0.2, 0) is 6.42 Å². The Balaban J connectivity index is 2.25. The molecule has 0 fully saturated rings. The Morgan fingerprint density at radius 2 is 2.20 bits per heavy atom. The predicted octanol–water partition coefficient (Wildman–Crippen LogP) is 3.44. The van der Waals surface area contributed by atoms with E-state index in [2.05, 4.69) is 11.6 Å². The molecule has 5 heteroatoms. The van der Waals surface area contributed by atoms with Crippen LogP contribution in [0.4, 0.5) is 8.78 Å². The van der Waals surface area contributed by atoms with Crippen molar-refractivity contribution in [2.75, 3.05) is 13.1 Å². The van der Waals surface area contributed by atoms with Crippen LogP contribution >= 0.6 is 0 Å². The normalized spacial score (nSPS) is 11.7. The highest BCUT2D eigenvalue weighted by Crippen LogP contribution is 2.30. The van der Waals surface area contributed by atoms with Crippen LogP contribution in [0.3, 0.4) is 0 Å². The second-order valence-electron chi connectivity index (χ2n) is 4.74. The fourth-order valence-electron chi connectivity index (χ4n) is 2.43. The largest absolute Gasteiger partial charge is 0.507 e. The van der Waals surface area contributed by atoms with Gasteiger partial charge in [0.05, 0.1) is 0 Å². The fourth-order valence-corrected chi connectivity index (χ4v) is 2.43. The molecule has 0 aliphatic rings. The van der Waals surface area contributed by atoms with Gasteiger partial charge in [-0.1, -0.05) is 12.1 Å². The van der Waals surface area contributed by atoms with Gasteiger partial charge in [-0.25, -0.2) is 4.90 Å². The SMILES string of the molecule is C=CCN(CCc1c(C)[nH]c2cccc(O)c12)C(F)F. The van der Waals surface area contributed by atoms with Crippen LogP contribution in [0, 0.1) is 6.92 Å². The van der Waals surface area contributed by atoms with Crippen LogP contribution in [0.1, 0.15) is 11.3 Å². The summed E-state index contributed by atoms with van der Waals surface area (Å²) < 4.78 is 25.7. The Labute approximate surface area is 116 Å². The number of phenols is 1. The lowest BCUT2D eigenvalue weighted by molar-refractivity contribution is -0.0185. The number of phenolic OH excluding ortho intramolecular Hbond substituents is 1. The Hall–Kier alpha value is -1.88. The molecule has 20 heavy (non-hydrogen) atoms. The Bertz CT molecular complexity index is 607. The molecular weight excluding hydrogens is 262 g/mol. The summed E-state index contributed by atoms with van der Waals surface area (Å²) in [5.74, 6) is 0.175. The van der Waals surface area contributed by atoms with Crippen molar-refractivity contribution in [3.8, 4) is 5.75 Å². The van der Waals surface area contributed by atoms with Crippen molar-refractivity contribution in [2.45, 2.75) is 19.9 Å². The lowest BCUT2D eigenvalue weighted by Crippen LogP contribution is -2.31. The Morgan fingerprint density at radius 3 is 2.85 bits per heavy atom. The lowest BCUT2D eigenvalue weighted by Gasteiger charge is -2.19. The Morgan fingerprint density at radius 1 is 1.45 bits per heavy atom. The number of aromatic amines is 1. The van der Waals surface area contributed by atoms with Crippen molar-refractivity contribution in [1.29, 1.82) is 0 Å². The number of fused-ring (bicyclic) bond motifs is 1. The summed E-state index contributed by atoms with van der Waals surface area (Å²) in [6, 6.07) is 5.22. The maximum absolute atomic E-state index is 12.8. The molecule has 0 saturated heterocycles. The number of H-pyrrole nitrogens is 1. The van der Waals surface area contributed by atoms with Crippen molar-refractivity contribution in [1.82, 2.24) is 9.88 Å². The zero-order chi connectivity index (χ0) is 14.7. The van der Waals surface area contributed by atoms with Crippen molar-refractivity contribution >= 4 is 10.9 Å². The van der Waals surface area contributed by atoms with E-state index in [1.165, 1.54) is 6.08 Å². The summed E-state index contributed by atoms with van der Waals surface area (Å²) in [6.07, 6.45) is 1.91. The summed E-state index contributed by atoms with van der Waals surface area (Å²) in [7, 11) is 0. The number of rotatable bonds is 6. The molecule has 0 atom stereocenters. The molecule has 0 radical (unpaired) electrons. The number of aromatic hydroxyl groups is 1. The van der Waals surface area contributed by atoms with Gasteiger partial charge in [0.25, 0.3) is 6.55 Å². The molecule has 2 aromatic rings. The maximum atomic E-state index is 12.8. The van der Waals surface area contributed by atoms with Crippen LogP contribution in [0.15, 0.2) is 30.9 Å². The van der Waals surface area contributed by atoms with Crippen molar-refractivity contribution < 1.29 is 13.9 Å². The van der Waals surface area contributed by atoms with Crippen LogP contribution in [-0.4, -0.2) is 34.6 Å². The lowest BCUT2D eigenvalue weighted by atomic mass is 10.1. The molecule has 0 unspecified atom stereocenters. The molecule has 108 valence electrons. The number of halogens is 2. The molecule has 0 saturated carbocycles. The van der Waals surface area contributed by atoms with Crippen LogP contribution in [0.5, 0.6) is 5.75 Å². The first-order chi connectivity index (χ1) is 9.54. The zero-order valence-corrected chi connectivity index (χ0v) is 11.4. The minimum atomic E-state index is -2.51. The molecule has 1 heterocycles. The van der Waals surface area contributed by atoms with Crippen molar-refractivity contribution in [2.24, 2.45) is 0 Å². The molecular formula is C15H18F2N2O. The Kier molecular flexibility index (Phi) is 4.39. The molecule has 0 aliphatic carbocycles. The van der Waals surface area contributed by atoms with Crippen molar-refractivity contribution in [3.05, 3.63) is 42.1 Å². The van der Waals surface area contributed by atoms with E-state index in [1.807, 2.05) is 13.0 Å². The smallest absolute Gasteiger partial charge is 0.295 e. The van der Waals surface area contributed by atoms with E-state index in [-0.39, 0.29) is 18.8 Å². The average molecular weight is 280 g/mol. The number of aromatic nitrogens is 1. The standard InChI is InChI=1S/C15H18F2N2O/c1-3-8-19(15(16)17)9-7-11-10(2)18-12-5-4-6-13(20)14(11)12/h3-6,15,18,20H,1,7-9H2,2H3. The second-order valence-corrected chi connectivity index (χ2v) is 4.74. The van der Waals surface area contributed by atoms with Gasteiger partial charge in [-0.15, -0.1) is 6.58 Å². The van der Waals surface area contributed by atoms with E-state index in [0.29, 0.717) is 6.42 Å². The first kappa shape index (κ1) is 14.5. The number of hydrogen-bond acceptors (Lipinski definition) is 2. The molecule has 0 amide bonds. The minimum Gasteiger partial charge on any atom is -0.507 e. The first-order valence-electron chi connectivity index (χ1n) is 6.46. The summed E-state index contributed by atoms with van der Waals surface area (Å²) in [6.45, 7) is 3.22. The molecule has 0 spiro atoms. The number of hydrogen-bond donors (Lipinski definition) is 2. The van der Waals surface area contributed by atoms with E-state index >= 15 is 0 Å². The van der Waals surface area contributed by atoms with Crippen molar-refractivity contribution in [3.63, 3.8) is 0 Å². The number of benzene rings is 1. The van der Waals surface area contributed by atoms with Gasteiger partial charge in [-0.3, -0.25) is 0 Å². The van der Waals surface area contributed by atoms with Crippen LogP contribution < -0.4 is 0 Å². The van der Waals surface area contributed by atoms with E-state index in [4.69, 9.17) is 0 Å². The van der Waals surface area contributed by atoms with E-state index in [1.54, 1.807) is 12.1 Å². The number of aryl methyl sites for hydroxylation is 1. The quantitative estimate of drug-likeness (QED) is 0.628. The van der Waals surface area contributed by atoms with Gasteiger partial charge in [-0.2, -0.15) is 8.78 Å². The average Bonchev–Trinajstić information content (AvgIpc) is 2.71. The summed E-state index contributed by atoms with van der Waals surface area (Å²) in [4.78, 5) is 4.21. The summed E-state index contributed by atoms with van der Waals surface area (Å²) in [5, 5.41) is 10.7. The highest BCUT2D eigenvalue weighted by Gasteiger charge is 2.17. The topological polar surface area (TPSA) is 39.3 Å².